The van der Waals surface area contributed by atoms with Crippen LogP contribution in [0.4, 0.5) is 0 Å². The van der Waals surface area contributed by atoms with Gasteiger partial charge in [0.2, 0.25) is 11.8 Å². The van der Waals surface area contributed by atoms with Gasteiger partial charge in [-0.25, -0.2) is 4.79 Å². The standard InChI is InChI=1S/C10H16N2O5/c1-17-5-4-7(10(15)16)12-9(14)6-2-3-8(13)11-6/h6-7H,2-5H2,1H3,(H,11,13)(H,12,14)(H,15,16)/t6-,7?/m0/s1. The highest BCUT2D eigenvalue weighted by Crippen LogP contribution is 2.07. The number of hydrogen-bond acceptors (Lipinski definition) is 4. The summed E-state index contributed by atoms with van der Waals surface area (Å²) in [7, 11) is 1.46. The van der Waals surface area contributed by atoms with E-state index in [4.69, 9.17) is 9.84 Å². The topological polar surface area (TPSA) is 105 Å². The Morgan fingerprint density at radius 1 is 1.65 bits per heavy atom. The van der Waals surface area contributed by atoms with Gasteiger partial charge in [-0.05, 0) is 6.42 Å². The average Bonchev–Trinajstić information content (AvgIpc) is 2.70. The van der Waals surface area contributed by atoms with Crippen molar-refractivity contribution in [1.82, 2.24) is 10.6 Å². The average molecular weight is 244 g/mol. The molecule has 0 aliphatic carbocycles. The normalized spacial score (nSPS) is 20.8. The minimum atomic E-state index is -1.11. The fourth-order valence-corrected chi connectivity index (χ4v) is 1.58. The molecule has 0 radical (unpaired) electrons. The van der Waals surface area contributed by atoms with Gasteiger partial charge in [-0.15, -0.1) is 0 Å². The molecule has 17 heavy (non-hydrogen) atoms. The number of carboxylic acids is 1. The lowest BCUT2D eigenvalue weighted by atomic mass is 10.1. The van der Waals surface area contributed by atoms with Crippen molar-refractivity contribution in [3.05, 3.63) is 0 Å². The molecule has 1 aliphatic heterocycles. The zero-order chi connectivity index (χ0) is 12.8. The van der Waals surface area contributed by atoms with Crippen LogP contribution in [0.3, 0.4) is 0 Å². The van der Waals surface area contributed by atoms with E-state index in [0.29, 0.717) is 12.8 Å². The van der Waals surface area contributed by atoms with Crippen molar-refractivity contribution in [2.45, 2.75) is 31.3 Å². The van der Waals surface area contributed by atoms with Crippen LogP contribution in [-0.2, 0) is 19.1 Å². The lowest BCUT2D eigenvalue weighted by Crippen LogP contribution is -2.49. The summed E-state index contributed by atoms with van der Waals surface area (Å²) in [6.07, 6.45) is 0.896. The summed E-state index contributed by atoms with van der Waals surface area (Å²) in [4.78, 5) is 33.4. The minimum absolute atomic E-state index is 0.186. The van der Waals surface area contributed by atoms with E-state index < -0.39 is 24.0 Å². The Hall–Kier alpha value is -1.63. The summed E-state index contributed by atoms with van der Waals surface area (Å²) in [5, 5.41) is 13.7. The third-order valence-electron chi connectivity index (χ3n) is 2.54. The molecule has 0 spiro atoms. The molecule has 7 nitrogen and oxygen atoms in total. The van der Waals surface area contributed by atoms with Gasteiger partial charge in [-0.1, -0.05) is 0 Å². The number of methoxy groups -OCH3 is 1. The maximum absolute atomic E-state index is 11.6. The molecule has 1 rings (SSSR count). The van der Waals surface area contributed by atoms with Gasteiger partial charge in [-0.2, -0.15) is 0 Å². The van der Waals surface area contributed by atoms with Crippen molar-refractivity contribution in [2.75, 3.05) is 13.7 Å². The first-order valence-electron chi connectivity index (χ1n) is 5.36. The molecule has 7 heteroatoms. The van der Waals surface area contributed by atoms with Crippen molar-refractivity contribution < 1.29 is 24.2 Å². The summed E-state index contributed by atoms with van der Waals surface area (Å²) in [6, 6.07) is -1.60. The molecule has 1 fully saturated rings. The van der Waals surface area contributed by atoms with Crippen LogP contribution in [0.2, 0.25) is 0 Å². The Balaban J connectivity index is 2.46. The monoisotopic (exact) mass is 244 g/mol. The van der Waals surface area contributed by atoms with E-state index in [0.717, 1.165) is 0 Å². The summed E-state index contributed by atoms with van der Waals surface area (Å²) in [5.41, 5.74) is 0. The molecular weight excluding hydrogens is 228 g/mol. The fraction of sp³-hybridized carbons (Fsp3) is 0.700. The van der Waals surface area contributed by atoms with Crippen LogP contribution < -0.4 is 10.6 Å². The predicted octanol–water partition coefficient (Wildman–Crippen LogP) is -1.13. The van der Waals surface area contributed by atoms with E-state index in [1.54, 1.807) is 0 Å². The van der Waals surface area contributed by atoms with E-state index in [2.05, 4.69) is 10.6 Å². The van der Waals surface area contributed by atoms with Gasteiger partial charge in [0.15, 0.2) is 0 Å². The first-order chi connectivity index (χ1) is 8.04. The fourth-order valence-electron chi connectivity index (χ4n) is 1.58. The van der Waals surface area contributed by atoms with Crippen LogP contribution in [0.5, 0.6) is 0 Å². The van der Waals surface area contributed by atoms with Crippen LogP contribution in [-0.4, -0.2) is 48.7 Å². The zero-order valence-electron chi connectivity index (χ0n) is 9.56. The lowest BCUT2D eigenvalue weighted by Gasteiger charge is -2.16. The van der Waals surface area contributed by atoms with Crippen molar-refractivity contribution in [2.24, 2.45) is 0 Å². The zero-order valence-corrected chi connectivity index (χ0v) is 9.56. The summed E-state index contributed by atoms with van der Waals surface area (Å²) >= 11 is 0. The van der Waals surface area contributed by atoms with Gasteiger partial charge < -0.3 is 20.5 Å². The quantitative estimate of drug-likeness (QED) is 0.548. The van der Waals surface area contributed by atoms with Crippen LogP contribution in [0, 0.1) is 0 Å². The number of carbonyl (C=O) groups is 3. The van der Waals surface area contributed by atoms with Crippen LogP contribution >= 0.6 is 0 Å². The molecule has 0 aromatic carbocycles. The number of ether oxygens (including phenoxy) is 1. The van der Waals surface area contributed by atoms with Crippen LogP contribution in [0.1, 0.15) is 19.3 Å². The van der Waals surface area contributed by atoms with Crippen molar-refractivity contribution in [1.29, 1.82) is 0 Å². The first kappa shape index (κ1) is 13.4. The molecule has 2 atom stereocenters. The van der Waals surface area contributed by atoms with Gasteiger partial charge in [0, 0.05) is 26.6 Å². The highest BCUT2D eigenvalue weighted by Gasteiger charge is 2.30. The molecule has 1 heterocycles. The Morgan fingerprint density at radius 3 is 2.82 bits per heavy atom. The van der Waals surface area contributed by atoms with Crippen molar-refractivity contribution in [3.8, 4) is 0 Å². The number of hydrogen-bond donors (Lipinski definition) is 3. The molecule has 0 aromatic rings. The van der Waals surface area contributed by atoms with Gasteiger partial charge in [0.05, 0.1) is 0 Å². The molecule has 0 bridgehead atoms. The largest absolute Gasteiger partial charge is 0.480 e. The lowest BCUT2D eigenvalue weighted by molar-refractivity contribution is -0.142. The second-order valence-electron chi connectivity index (χ2n) is 3.84. The van der Waals surface area contributed by atoms with Crippen LogP contribution in [0.15, 0.2) is 0 Å². The third-order valence-corrected chi connectivity index (χ3v) is 2.54. The SMILES string of the molecule is COCCC(NC(=O)[C@@H]1CCC(=O)N1)C(=O)O. The summed E-state index contributed by atoms with van der Waals surface area (Å²) in [6.45, 7) is 0.244. The third kappa shape index (κ3) is 4.03. The van der Waals surface area contributed by atoms with Crippen molar-refractivity contribution >= 4 is 17.8 Å². The first-order valence-corrected chi connectivity index (χ1v) is 5.36. The molecule has 96 valence electrons. The van der Waals surface area contributed by atoms with Crippen LogP contribution in [0.25, 0.3) is 0 Å². The Morgan fingerprint density at radius 2 is 2.35 bits per heavy atom. The number of carbonyl (C=O) groups excluding carboxylic acids is 2. The Bertz CT molecular complexity index is 318. The molecule has 1 aliphatic rings. The van der Waals surface area contributed by atoms with Gasteiger partial charge in [0.1, 0.15) is 12.1 Å². The highest BCUT2D eigenvalue weighted by molar-refractivity contribution is 5.92. The van der Waals surface area contributed by atoms with E-state index in [1.165, 1.54) is 7.11 Å². The maximum atomic E-state index is 11.6. The highest BCUT2D eigenvalue weighted by atomic mass is 16.5. The van der Waals surface area contributed by atoms with E-state index in [1.807, 2.05) is 0 Å². The molecule has 1 unspecified atom stereocenters. The smallest absolute Gasteiger partial charge is 0.326 e. The number of amides is 2. The van der Waals surface area contributed by atoms with Crippen molar-refractivity contribution in [3.63, 3.8) is 0 Å². The number of aliphatic carboxylic acids is 1. The number of rotatable bonds is 6. The number of nitrogens with one attached hydrogen (secondary N) is 2. The van der Waals surface area contributed by atoms with E-state index >= 15 is 0 Å². The predicted molar refractivity (Wildman–Crippen MR) is 57.2 cm³/mol. The van der Waals surface area contributed by atoms with E-state index in [-0.39, 0.29) is 18.9 Å². The molecule has 0 saturated carbocycles. The van der Waals surface area contributed by atoms with Gasteiger partial charge in [0.25, 0.3) is 0 Å². The molecule has 1 saturated heterocycles. The summed E-state index contributed by atoms with van der Waals surface area (Å²) < 4.78 is 4.76. The molecule has 2 amide bonds. The summed E-state index contributed by atoms with van der Waals surface area (Å²) in [5.74, 6) is -1.76. The second kappa shape index (κ2) is 6.19. The van der Waals surface area contributed by atoms with Gasteiger partial charge >= 0.3 is 5.97 Å². The Labute approximate surface area is 98.5 Å². The molecule has 3 N–H and O–H groups in total. The molecule has 0 aromatic heterocycles. The van der Waals surface area contributed by atoms with Gasteiger partial charge in [-0.3, -0.25) is 9.59 Å². The Kier molecular flexibility index (Phi) is 4.89. The second-order valence-corrected chi connectivity index (χ2v) is 3.84. The number of carboxylic acid groups (broad SMARTS) is 1. The van der Waals surface area contributed by atoms with E-state index in [9.17, 15) is 14.4 Å². The minimum Gasteiger partial charge on any atom is -0.480 e. The molecular formula is C10H16N2O5. The maximum Gasteiger partial charge on any atom is 0.326 e.